The third kappa shape index (κ3) is 4.16. The molecule has 51 heavy (non-hydrogen) atoms. The summed E-state index contributed by atoms with van der Waals surface area (Å²) >= 11 is 1.84. The van der Waals surface area contributed by atoms with E-state index in [0.29, 0.717) is 5.89 Å². The van der Waals surface area contributed by atoms with Crippen LogP contribution in [0.4, 0.5) is 17.1 Å². The van der Waals surface area contributed by atoms with Gasteiger partial charge in [0.25, 0.3) is 0 Å². The molecule has 0 spiro atoms. The molecule has 0 unspecified atom stereocenters. The first-order valence-corrected chi connectivity index (χ1v) is 18.1. The molecule has 1 aliphatic carbocycles. The maximum absolute atomic E-state index is 6.59. The number of hydrogen-bond donors (Lipinski definition) is 0. The van der Waals surface area contributed by atoms with E-state index in [1.165, 1.54) is 42.4 Å². The molecule has 0 aliphatic heterocycles. The van der Waals surface area contributed by atoms with Gasteiger partial charge in [-0.05, 0) is 82.9 Å². The number of oxazole rings is 1. The molecule has 4 nitrogen and oxygen atoms in total. The van der Waals surface area contributed by atoms with Gasteiger partial charge in [0.15, 0.2) is 5.58 Å². The molecule has 0 bridgehead atoms. The Balaban J connectivity index is 1.17. The summed E-state index contributed by atoms with van der Waals surface area (Å²) in [7, 11) is 0. The van der Waals surface area contributed by atoms with Gasteiger partial charge in [0.05, 0.1) is 11.1 Å². The van der Waals surface area contributed by atoms with Crippen LogP contribution >= 0.6 is 11.3 Å². The molecule has 0 saturated carbocycles. The third-order valence-corrected chi connectivity index (χ3v) is 11.8. The molecule has 0 radical (unpaired) electrons. The van der Waals surface area contributed by atoms with Crippen molar-refractivity contribution in [3.05, 3.63) is 157 Å². The third-order valence-electron chi connectivity index (χ3n) is 10.7. The Morgan fingerprint density at radius 2 is 1.31 bits per heavy atom. The molecule has 0 amide bonds. The van der Waals surface area contributed by atoms with Gasteiger partial charge in [-0.2, -0.15) is 0 Å². The molecule has 0 fully saturated rings. The van der Waals surface area contributed by atoms with Gasteiger partial charge in [0, 0.05) is 54.0 Å². The highest BCUT2D eigenvalue weighted by Gasteiger charge is 2.35. The molecule has 0 N–H and O–H groups in total. The SMILES string of the molecule is CC1(C)c2ccccc2-c2cc(N(c3ccc4c(c3)sc3ccccc34)c3cccc4oc5cc6nc(-c7ccccc7)oc6cc5c34)ccc21. The van der Waals surface area contributed by atoms with Gasteiger partial charge in [0.1, 0.15) is 16.7 Å². The Kier molecular flexibility index (Phi) is 5.85. The van der Waals surface area contributed by atoms with Crippen LogP contribution in [-0.2, 0) is 5.41 Å². The number of rotatable bonds is 4. The minimum Gasteiger partial charge on any atom is -0.456 e. The van der Waals surface area contributed by atoms with Gasteiger partial charge in [-0.25, -0.2) is 4.98 Å². The molecule has 10 aromatic rings. The standard InChI is InChI=1S/C46H30N2O2S/c1-46(2)35-15-8-6-13-30(35)33-23-28(20-22-36(33)46)48(29-19-21-32-31-14-7-9-18-42(31)51-43(32)24-29)38-16-10-17-39-44(38)34-25-41-37(26-40(34)49-39)47-45(50-41)27-11-4-3-5-12-27/h3-26H,1-2H3. The second-order valence-corrected chi connectivity index (χ2v) is 15.1. The molecular formula is C46H30N2O2S. The number of aromatic nitrogens is 1. The molecule has 0 saturated heterocycles. The van der Waals surface area contributed by atoms with Gasteiger partial charge < -0.3 is 13.7 Å². The maximum atomic E-state index is 6.59. The van der Waals surface area contributed by atoms with E-state index in [-0.39, 0.29) is 5.41 Å². The summed E-state index contributed by atoms with van der Waals surface area (Å²) in [5.74, 6) is 0.599. The number of furan rings is 1. The average molecular weight is 675 g/mol. The highest BCUT2D eigenvalue weighted by Crippen LogP contribution is 2.52. The largest absolute Gasteiger partial charge is 0.456 e. The number of thiophene rings is 1. The van der Waals surface area contributed by atoms with Crippen molar-refractivity contribution in [2.75, 3.05) is 4.90 Å². The monoisotopic (exact) mass is 674 g/mol. The molecule has 242 valence electrons. The zero-order valence-corrected chi connectivity index (χ0v) is 28.8. The van der Waals surface area contributed by atoms with Crippen LogP contribution in [0.2, 0.25) is 0 Å². The number of hydrogen-bond acceptors (Lipinski definition) is 5. The fourth-order valence-corrected chi connectivity index (χ4v) is 9.39. The lowest BCUT2D eigenvalue weighted by Gasteiger charge is -2.28. The second kappa shape index (κ2) is 10.4. The summed E-state index contributed by atoms with van der Waals surface area (Å²) in [6, 6.07) is 51.8. The topological polar surface area (TPSA) is 42.4 Å². The Morgan fingerprint density at radius 1 is 0.549 bits per heavy atom. The van der Waals surface area contributed by atoms with E-state index in [4.69, 9.17) is 13.8 Å². The summed E-state index contributed by atoms with van der Waals surface area (Å²) in [5.41, 5.74) is 12.5. The summed E-state index contributed by atoms with van der Waals surface area (Å²) in [6.07, 6.45) is 0. The van der Waals surface area contributed by atoms with Crippen LogP contribution in [-0.4, -0.2) is 4.98 Å². The zero-order valence-electron chi connectivity index (χ0n) is 28.0. The Bertz CT molecular complexity index is 3020. The molecule has 7 aromatic carbocycles. The first kappa shape index (κ1) is 28.6. The van der Waals surface area contributed by atoms with Crippen LogP contribution in [0.15, 0.2) is 154 Å². The first-order chi connectivity index (χ1) is 25.0. The summed E-state index contributed by atoms with van der Waals surface area (Å²) in [6.45, 7) is 4.66. The van der Waals surface area contributed by atoms with E-state index in [0.717, 1.165) is 55.7 Å². The van der Waals surface area contributed by atoms with Gasteiger partial charge in [-0.3, -0.25) is 0 Å². The molecule has 3 heterocycles. The second-order valence-electron chi connectivity index (χ2n) is 14.0. The van der Waals surface area contributed by atoms with E-state index >= 15 is 0 Å². The molecule has 3 aromatic heterocycles. The lowest BCUT2D eigenvalue weighted by molar-refractivity contribution is 0.620. The van der Waals surface area contributed by atoms with Crippen molar-refractivity contribution in [3.8, 4) is 22.6 Å². The molecule has 1 aliphatic rings. The van der Waals surface area contributed by atoms with Gasteiger partial charge >= 0.3 is 0 Å². The van der Waals surface area contributed by atoms with Crippen LogP contribution in [0.3, 0.4) is 0 Å². The average Bonchev–Trinajstić information content (AvgIpc) is 3.91. The molecule has 5 heteroatoms. The quantitative estimate of drug-likeness (QED) is 0.186. The fourth-order valence-electron chi connectivity index (χ4n) is 8.25. The minimum absolute atomic E-state index is 0.0763. The van der Waals surface area contributed by atoms with Crippen LogP contribution in [0.1, 0.15) is 25.0 Å². The van der Waals surface area contributed by atoms with E-state index in [1.807, 2.05) is 47.7 Å². The van der Waals surface area contributed by atoms with Crippen LogP contribution in [0.5, 0.6) is 0 Å². The van der Waals surface area contributed by atoms with Crippen molar-refractivity contribution in [1.82, 2.24) is 4.98 Å². The van der Waals surface area contributed by atoms with Gasteiger partial charge in [-0.15, -0.1) is 11.3 Å². The Labute approximate surface area is 297 Å². The van der Waals surface area contributed by atoms with Crippen molar-refractivity contribution >= 4 is 81.6 Å². The van der Waals surface area contributed by atoms with Crippen LogP contribution in [0.25, 0.3) is 75.8 Å². The Hall–Kier alpha value is -6.17. The Morgan fingerprint density at radius 3 is 2.24 bits per heavy atom. The van der Waals surface area contributed by atoms with Gasteiger partial charge in [-0.1, -0.05) is 92.7 Å². The maximum Gasteiger partial charge on any atom is 0.227 e. The first-order valence-electron chi connectivity index (χ1n) is 17.3. The van der Waals surface area contributed by atoms with Crippen molar-refractivity contribution in [1.29, 1.82) is 0 Å². The fraction of sp³-hybridized carbons (Fsp3) is 0.0652. The summed E-state index contributed by atoms with van der Waals surface area (Å²) in [5, 5.41) is 4.59. The van der Waals surface area contributed by atoms with E-state index < -0.39 is 0 Å². The highest BCUT2D eigenvalue weighted by atomic mass is 32.1. The number of anilines is 3. The summed E-state index contributed by atoms with van der Waals surface area (Å²) in [4.78, 5) is 7.23. The number of nitrogens with zero attached hydrogens (tertiary/aromatic N) is 2. The summed E-state index contributed by atoms with van der Waals surface area (Å²) < 4.78 is 15.5. The van der Waals surface area contributed by atoms with E-state index in [9.17, 15) is 0 Å². The van der Waals surface area contributed by atoms with Crippen molar-refractivity contribution in [2.24, 2.45) is 0 Å². The molecule has 11 rings (SSSR count). The smallest absolute Gasteiger partial charge is 0.227 e. The van der Waals surface area contributed by atoms with Gasteiger partial charge in [0.2, 0.25) is 5.89 Å². The molecular weight excluding hydrogens is 645 g/mol. The van der Waals surface area contributed by atoms with Crippen molar-refractivity contribution in [2.45, 2.75) is 19.3 Å². The van der Waals surface area contributed by atoms with E-state index in [2.05, 4.69) is 128 Å². The minimum atomic E-state index is -0.0763. The van der Waals surface area contributed by atoms with E-state index in [1.54, 1.807) is 0 Å². The number of fused-ring (bicyclic) bond motifs is 10. The normalized spacial score (nSPS) is 13.5. The lowest BCUT2D eigenvalue weighted by Crippen LogP contribution is -2.15. The predicted octanol–water partition coefficient (Wildman–Crippen LogP) is 13.5. The van der Waals surface area contributed by atoms with Crippen LogP contribution < -0.4 is 4.90 Å². The molecule has 0 atom stereocenters. The number of benzene rings is 7. The highest BCUT2D eigenvalue weighted by molar-refractivity contribution is 7.25. The lowest BCUT2D eigenvalue weighted by atomic mass is 9.82. The van der Waals surface area contributed by atoms with Crippen molar-refractivity contribution in [3.63, 3.8) is 0 Å². The van der Waals surface area contributed by atoms with Crippen molar-refractivity contribution < 1.29 is 8.83 Å². The zero-order chi connectivity index (χ0) is 33.8. The van der Waals surface area contributed by atoms with Crippen LogP contribution in [0, 0.1) is 0 Å². The predicted molar refractivity (Wildman–Crippen MR) is 212 cm³/mol.